The second kappa shape index (κ2) is 5.33. The molecule has 108 valence electrons. The molecule has 0 radical (unpaired) electrons. The first-order chi connectivity index (χ1) is 10.0. The van der Waals surface area contributed by atoms with E-state index in [4.69, 9.17) is 11.6 Å². The monoisotopic (exact) mass is 308 g/mol. The lowest BCUT2D eigenvalue weighted by molar-refractivity contribution is 0.102. The number of halogens is 3. The molecule has 0 saturated heterocycles. The highest BCUT2D eigenvalue weighted by Gasteiger charge is 2.17. The van der Waals surface area contributed by atoms with E-state index in [0.717, 1.165) is 30.3 Å². The molecule has 0 unspecified atom stereocenters. The Bertz CT molecular complexity index is 711. The van der Waals surface area contributed by atoms with Gasteiger partial charge >= 0.3 is 0 Å². The molecular weight excluding hydrogens is 298 g/mol. The maximum absolute atomic E-state index is 13.7. The molecule has 0 fully saturated rings. The number of rotatable bonds is 2. The van der Waals surface area contributed by atoms with Gasteiger partial charge < -0.3 is 10.6 Å². The van der Waals surface area contributed by atoms with E-state index in [1.807, 2.05) is 6.07 Å². The molecule has 2 aromatic rings. The molecule has 1 heterocycles. The van der Waals surface area contributed by atoms with Gasteiger partial charge in [-0.15, -0.1) is 0 Å². The molecule has 1 aliphatic rings. The van der Waals surface area contributed by atoms with Crippen LogP contribution in [0.3, 0.4) is 0 Å². The van der Waals surface area contributed by atoms with E-state index in [0.29, 0.717) is 11.6 Å². The molecule has 6 heteroatoms. The van der Waals surface area contributed by atoms with E-state index >= 15 is 0 Å². The van der Waals surface area contributed by atoms with E-state index in [2.05, 4.69) is 10.6 Å². The quantitative estimate of drug-likeness (QED) is 0.885. The molecule has 21 heavy (non-hydrogen) atoms. The molecule has 0 atom stereocenters. The van der Waals surface area contributed by atoms with Crippen LogP contribution in [0.4, 0.5) is 20.2 Å². The molecule has 2 N–H and O–H groups in total. The lowest BCUT2D eigenvalue weighted by atomic mass is 10.1. The number of anilines is 2. The second-order valence-electron chi connectivity index (χ2n) is 4.75. The Labute approximate surface area is 124 Å². The molecule has 3 nitrogen and oxygen atoms in total. The Morgan fingerprint density at radius 2 is 2.05 bits per heavy atom. The van der Waals surface area contributed by atoms with Gasteiger partial charge in [0.1, 0.15) is 5.82 Å². The molecule has 0 aromatic heterocycles. The van der Waals surface area contributed by atoms with Crippen LogP contribution >= 0.6 is 11.6 Å². The molecule has 2 aromatic carbocycles. The number of hydrogen-bond acceptors (Lipinski definition) is 2. The number of hydrogen-bond donors (Lipinski definition) is 2. The van der Waals surface area contributed by atoms with Crippen LogP contribution in [0.15, 0.2) is 30.3 Å². The highest BCUT2D eigenvalue weighted by Crippen LogP contribution is 2.28. The Morgan fingerprint density at radius 1 is 1.24 bits per heavy atom. The van der Waals surface area contributed by atoms with Crippen molar-refractivity contribution in [1.82, 2.24) is 0 Å². The lowest BCUT2D eigenvalue weighted by Gasteiger charge is -2.09. The second-order valence-corrected chi connectivity index (χ2v) is 5.15. The third-order valence-electron chi connectivity index (χ3n) is 3.33. The zero-order valence-corrected chi connectivity index (χ0v) is 11.6. The van der Waals surface area contributed by atoms with Gasteiger partial charge in [0.25, 0.3) is 5.91 Å². The molecule has 0 spiro atoms. The zero-order chi connectivity index (χ0) is 15.0. The first-order valence-corrected chi connectivity index (χ1v) is 6.75. The van der Waals surface area contributed by atoms with Crippen molar-refractivity contribution in [3.63, 3.8) is 0 Å². The fraction of sp³-hybridized carbons (Fsp3) is 0.133. The van der Waals surface area contributed by atoms with Crippen LogP contribution < -0.4 is 10.6 Å². The summed E-state index contributed by atoms with van der Waals surface area (Å²) < 4.78 is 26.6. The Kier molecular flexibility index (Phi) is 3.51. The van der Waals surface area contributed by atoms with E-state index in [9.17, 15) is 13.6 Å². The standard InChI is InChI=1S/C15H11ClF2N2O/c16-11-6-10(17)7-12(18)14(11)20-15(21)9-2-1-8-3-4-19-13(8)5-9/h1-2,5-7,19H,3-4H2,(H,20,21). The van der Waals surface area contributed by atoms with Crippen molar-refractivity contribution in [2.45, 2.75) is 6.42 Å². The van der Waals surface area contributed by atoms with Crippen molar-refractivity contribution in [3.05, 3.63) is 58.1 Å². The van der Waals surface area contributed by atoms with Crippen molar-refractivity contribution < 1.29 is 13.6 Å². The molecule has 1 aliphatic heterocycles. The summed E-state index contributed by atoms with van der Waals surface area (Å²) >= 11 is 5.75. The average Bonchev–Trinajstić information content (AvgIpc) is 2.89. The van der Waals surface area contributed by atoms with Gasteiger partial charge in [-0.2, -0.15) is 0 Å². The first-order valence-electron chi connectivity index (χ1n) is 6.37. The molecular formula is C15H11ClF2N2O. The van der Waals surface area contributed by atoms with Gasteiger partial charge in [0.15, 0.2) is 5.82 Å². The van der Waals surface area contributed by atoms with Crippen molar-refractivity contribution in [2.24, 2.45) is 0 Å². The Balaban J connectivity index is 1.87. The summed E-state index contributed by atoms with van der Waals surface area (Å²) in [5, 5.41) is 5.35. The van der Waals surface area contributed by atoms with Gasteiger partial charge in [0.05, 0.1) is 10.7 Å². The van der Waals surface area contributed by atoms with Gasteiger partial charge in [-0.1, -0.05) is 17.7 Å². The summed E-state index contributed by atoms with van der Waals surface area (Å²) in [6.45, 7) is 0.832. The van der Waals surface area contributed by atoms with Gasteiger partial charge in [-0.05, 0) is 30.2 Å². The first kappa shape index (κ1) is 13.8. The van der Waals surface area contributed by atoms with Crippen LogP contribution in [0.5, 0.6) is 0 Å². The topological polar surface area (TPSA) is 41.1 Å². The highest BCUT2D eigenvalue weighted by atomic mass is 35.5. The zero-order valence-electron chi connectivity index (χ0n) is 10.8. The maximum Gasteiger partial charge on any atom is 0.255 e. The lowest BCUT2D eigenvalue weighted by Crippen LogP contribution is -2.13. The average molecular weight is 309 g/mol. The number of amides is 1. The van der Waals surface area contributed by atoms with Crippen molar-refractivity contribution in [1.29, 1.82) is 0 Å². The minimum atomic E-state index is -0.910. The third-order valence-corrected chi connectivity index (χ3v) is 3.63. The van der Waals surface area contributed by atoms with Crippen LogP contribution in [-0.4, -0.2) is 12.5 Å². The van der Waals surface area contributed by atoms with Crippen molar-refractivity contribution in [2.75, 3.05) is 17.2 Å². The van der Waals surface area contributed by atoms with Crippen LogP contribution in [0, 0.1) is 11.6 Å². The minimum absolute atomic E-state index is 0.180. The predicted octanol–water partition coefficient (Wildman–Crippen LogP) is 3.84. The summed E-state index contributed by atoms with van der Waals surface area (Å²) in [5.41, 5.74) is 2.19. The van der Waals surface area contributed by atoms with E-state index in [-0.39, 0.29) is 10.7 Å². The maximum atomic E-state index is 13.7. The van der Waals surface area contributed by atoms with Gasteiger partial charge in [-0.25, -0.2) is 8.78 Å². The predicted molar refractivity (Wildman–Crippen MR) is 78.0 cm³/mol. The number of nitrogens with one attached hydrogen (secondary N) is 2. The van der Waals surface area contributed by atoms with E-state index < -0.39 is 17.5 Å². The fourth-order valence-electron chi connectivity index (χ4n) is 2.28. The van der Waals surface area contributed by atoms with Crippen LogP contribution in [0.1, 0.15) is 15.9 Å². The molecule has 1 amide bonds. The Hall–Kier alpha value is -2.14. The normalized spacial score (nSPS) is 12.7. The third kappa shape index (κ3) is 2.69. The van der Waals surface area contributed by atoms with Gasteiger partial charge in [0, 0.05) is 23.9 Å². The van der Waals surface area contributed by atoms with Crippen molar-refractivity contribution >= 4 is 28.9 Å². The van der Waals surface area contributed by atoms with Gasteiger partial charge in [-0.3, -0.25) is 4.79 Å². The summed E-state index contributed by atoms with van der Waals surface area (Å²) in [7, 11) is 0. The number of carbonyl (C=O) groups excluding carboxylic acids is 1. The van der Waals surface area contributed by atoms with Crippen LogP contribution in [0.25, 0.3) is 0 Å². The van der Waals surface area contributed by atoms with Crippen LogP contribution in [-0.2, 0) is 6.42 Å². The molecule has 0 saturated carbocycles. The largest absolute Gasteiger partial charge is 0.384 e. The summed E-state index contributed by atoms with van der Waals surface area (Å²) in [4.78, 5) is 12.1. The van der Waals surface area contributed by atoms with Crippen molar-refractivity contribution in [3.8, 4) is 0 Å². The SMILES string of the molecule is O=C(Nc1c(F)cc(F)cc1Cl)c1ccc2c(c1)NCC2. The smallest absolute Gasteiger partial charge is 0.255 e. The number of fused-ring (bicyclic) bond motifs is 1. The summed E-state index contributed by atoms with van der Waals surface area (Å²) in [6.07, 6.45) is 0.912. The molecule has 0 aliphatic carbocycles. The highest BCUT2D eigenvalue weighted by molar-refractivity contribution is 6.34. The van der Waals surface area contributed by atoms with Crippen LogP contribution in [0.2, 0.25) is 5.02 Å². The Morgan fingerprint density at radius 3 is 2.81 bits per heavy atom. The van der Waals surface area contributed by atoms with Gasteiger partial charge in [0.2, 0.25) is 0 Å². The number of benzene rings is 2. The minimum Gasteiger partial charge on any atom is -0.384 e. The number of carbonyl (C=O) groups is 1. The summed E-state index contributed by atoms with van der Waals surface area (Å²) in [6, 6.07) is 6.84. The van der Waals surface area contributed by atoms with E-state index in [1.165, 1.54) is 0 Å². The van der Waals surface area contributed by atoms with E-state index in [1.54, 1.807) is 12.1 Å². The fourth-order valence-corrected chi connectivity index (χ4v) is 2.52. The molecule has 0 bridgehead atoms. The summed E-state index contributed by atoms with van der Waals surface area (Å²) in [5.74, 6) is -2.20. The molecule has 3 rings (SSSR count).